The molecule has 1 aliphatic heterocycles. The molecule has 8 nitrogen and oxygen atoms in total. The highest BCUT2D eigenvalue weighted by Crippen LogP contribution is 2.40. The van der Waals surface area contributed by atoms with E-state index in [0.29, 0.717) is 35.8 Å². The fourth-order valence-corrected chi connectivity index (χ4v) is 3.32. The maximum Gasteiger partial charge on any atom is 0.244 e. The van der Waals surface area contributed by atoms with Crippen LogP contribution in [0.4, 0.5) is 5.69 Å². The van der Waals surface area contributed by atoms with Crippen molar-refractivity contribution in [2.24, 2.45) is 5.41 Å². The quantitative estimate of drug-likeness (QED) is 0.697. The summed E-state index contributed by atoms with van der Waals surface area (Å²) in [4.78, 5) is 38.4. The first-order valence-corrected chi connectivity index (χ1v) is 8.80. The van der Waals surface area contributed by atoms with Gasteiger partial charge in [0.1, 0.15) is 6.54 Å². The summed E-state index contributed by atoms with van der Waals surface area (Å²) in [6, 6.07) is 3.16. The highest BCUT2D eigenvalue weighted by Gasteiger charge is 2.49. The van der Waals surface area contributed by atoms with Gasteiger partial charge in [-0.05, 0) is 12.8 Å². The molecule has 1 aromatic carbocycles. The normalized spacial score (nSPS) is 15.7. The number of anilines is 1. The molecule has 0 atom stereocenters. The number of methoxy groups -OCH3 is 3. The lowest BCUT2D eigenvalue weighted by Crippen LogP contribution is -2.40. The molecule has 1 heterocycles. The van der Waals surface area contributed by atoms with E-state index in [0.717, 1.165) is 4.90 Å². The Morgan fingerprint density at radius 2 is 1.63 bits per heavy atom. The van der Waals surface area contributed by atoms with Crippen molar-refractivity contribution in [1.29, 1.82) is 0 Å². The molecule has 0 bridgehead atoms. The molecule has 1 aromatic rings. The van der Waals surface area contributed by atoms with Gasteiger partial charge in [-0.25, -0.2) is 0 Å². The number of likely N-dealkylation sites (tertiary alicyclic amines) is 1. The molecule has 1 fully saturated rings. The van der Waals surface area contributed by atoms with Crippen LogP contribution in [0.2, 0.25) is 0 Å². The average Bonchev–Trinajstić information content (AvgIpc) is 2.91. The molecule has 0 aromatic heterocycles. The summed E-state index contributed by atoms with van der Waals surface area (Å²) in [6.45, 7) is 3.44. The summed E-state index contributed by atoms with van der Waals surface area (Å²) < 4.78 is 15.7. The van der Waals surface area contributed by atoms with Gasteiger partial charge in [-0.15, -0.1) is 0 Å². The first-order valence-electron chi connectivity index (χ1n) is 8.80. The van der Waals surface area contributed by atoms with E-state index in [-0.39, 0.29) is 24.8 Å². The van der Waals surface area contributed by atoms with Gasteiger partial charge >= 0.3 is 0 Å². The van der Waals surface area contributed by atoms with Crippen LogP contribution in [0.25, 0.3) is 0 Å². The smallest absolute Gasteiger partial charge is 0.244 e. The van der Waals surface area contributed by atoms with Gasteiger partial charge in [-0.2, -0.15) is 0 Å². The number of ether oxygens (including phenoxy) is 3. The van der Waals surface area contributed by atoms with Gasteiger partial charge in [0.2, 0.25) is 23.5 Å². The van der Waals surface area contributed by atoms with Gasteiger partial charge in [-0.1, -0.05) is 13.8 Å². The minimum absolute atomic E-state index is 0.149. The van der Waals surface area contributed by atoms with E-state index in [9.17, 15) is 14.4 Å². The van der Waals surface area contributed by atoms with E-state index in [4.69, 9.17) is 14.2 Å². The number of hydrogen-bond acceptors (Lipinski definition) is 6. The molecule has 27 heavy (non-hydrogen) atoms. The second kappa shape index (κ2) is 8.28. The summed E-state index contributed by atoms with van der Waals surface area (Å²) in [5.41, 5.74) is -0.282. The lowest BCUT2D eigenvalue weighted by molar-refractivity contribution is -0.144. The van der Waals surface area contributed by atoms with E-state index < -0.39 is 11.3 Å². The van der Waals surface area contributed by atoms with Gasteiger partial charge in [0, 0.05) is 24.2 Å². The molecule has 8 heteroatoms. The van der Waals surface area contributed by atoms with E-state index in [1.807, 2.05) is 13.8 Å². The van der Waals surface area contributed by atoms with Crippen LogP contribution in [0.3, 0.4) is 0 Å². The van der Waals surface area contributed by atoms with Crippen molar-refractivity contribution in [3.8, 4) is 17.2 Å². The predicted molar refractivity (Wildman–Crippen MR) is 99.1 cm³/mol. The maximum atomic E-state index is 12.6. The summed E-state index contributed by atoms with van der Waals surface area (Å²) in [7, 11) is 4.43. The third-order valence-electron chi connectivity index (χ3n) is 5.09. The molecule has 0 unspecified atom stereocenters. The highest BCUT2D eigenvalue weighted by molar-refractivity contribution is 6.09. The Morgan fingerprint density at radius 1 is 1.07 bits per heavy atom. The molecule has 148 valence electrons. The molecule has 0 spiro atoms. The maximum absolute atomic E-state index is 12.6. The zero-order valence-corrected chi connectivity index (χ0v) is 16.4. The van der Waals surface area contributed by atoms with Crippen molar-refractivity contribution < 1.29 is 28.6 Å². The number of amides is 3. The number of rotatable bonds is 8. The molecule has 1 aliphatic rings. The molecule has 1 saturated heterocycles. The largest absolute Gasteiger partial charge is 0.493 e. The van der Waals surface area contributed by atoms with Crippen LogP contribution >= 0.6 is 0 Å². The van der Waals surface area contributed by atoms with Crippen LogP contribution in [0.15, 0.2) is 12.1 Å². The number of nitrogens with one attached hydrogen (secondary N) is 1. The Hall–Kier alpha value is -2.77. The predicted octanol–water partition coefficient (Wildman–Crippen LogP) is 2.22. The van der Waals surface area contributed by atoms with Crippen LogP contribution < -0.4 is 19.5 Å². The SMILES string of the molecule is CCC1(CC)CC(=O)N(CC(=O)Nc2cc(OC)c(OC)c(OC)c2)C1=O. The molecule has 2 rings (SSSR count). The van der Waals surface area contributed by atoms with Crippen LogP contribution in [0.5, 0.6) is 17.2 Å². The van der Waals surface area contributed by atoms with Crippen LogP contribution in [-0.2, 0) is 14.4 Å². The fraction of sp³-hybridized carbons (Fsp3) is 0.526. The van der Waals surface area contributed by atoms with Crippen molar-refractivity contribution in [2.45, 2.75) is 33.1 Å². The van der Waals surface area contributed by atoms with Gasteiger partial charge in [-0.3, -0.25) is 19.3 Å². The number of imide groups is 1. The van der Waals surface area contributed by atoms with Crippen molar-refractivity contribution >= 4 is 23.4 Å². The first kappa shape index (κ1) is 20.5. The molecule has 0 aliphatic carbocycles. The lowest BCUT2D eigenvalue weighted by atomic mass is 9.81. The van der Waals surface area contributed by atoms with Crippen LogP contribution in [-0.4, -0.2) is 50.5 Å². The number of carbonyl (C=O) groups is 3. The van der Waals surface area contributed by atoms with Crippen molar-refractivity contribution in [2.75, 3.05) is 33.2 Å². The topological polar surface area (TPSA) is 94.2 Å². The molecular formula is C19H26N2O6. The fourth-order valence-electron chi connectivity index (χ4n) is 3.32. The minimum atomic E-state index is -0.691. The molecular weight excluding hydrogens is 352 g/mol. The Balaban J connectivity index is 2.17. The van der Waals surface area contributed by atoms with Crippen LogP contribution in [0.1, 0.15) is 33.1 Å². The van der Waals surface area contributed by atoms with E-state index in [2.05, 4.69) is 5.32 Å². The Bertz CT molecular complexity index is 717. The second-order valence-corrected chi connectivity index (χ2v) is 6.41. The first-order chi connectivity index (χ1) is 12.8. The van der Waals surface area contributed by atoms with Crippen molar-refractivity contribution in [3.05, 3.63) is 12.1 Å². The third-order valence-corrected chi connectivity index (χ3v) is 5.09. The number of carbonyl (C=O) groups excluding carboxylic acids is 3. The minimum Gasteiger partial charge on any atom is -0.493 e. The molecule has 3 amide bonds. The van der Waals surface area contributed by atoms with Gasteiger partial charge in [0.15, 0.2) is 11.5 Å². The van der Waals surface area contributed by atoms with Crippen LogP contribution in [0, 0.1) is 5.41 Å². The second-order valence-electron chi connectivity index (χ2n) is 6.41. The number of benzene rings is 1. The van der Waals surface area contributed by atoms with E-state index in [1.165, 1.54) is 21.3 Å². The summed E-state index contributed by atoms with van der Waals surface area (Å²) in [6.07, 6.45) is 1.29. The Kier molecular flexibility index (Phi) is 6.30. The zero-order chi connectivity index (χ0) is 20.2. The Labute approximate surface area is 158 Å². The molecule has 1 N–H and O–H groups in total. The molecule has 0 saturated carbocycles. The average molecular weight is 378 g/mol. The highest BCUT2D eigenvalue weighted by atomic mass is 16.5. The summed E-state index contributed by atoms with van der Waals surface area (Å²) in [5, 5.41) is 2.67. The van der Waals surface area contributed by atoms with Gasteiger partial charge in [0.05, 0.1) is 26.7 Å². The molecule has 0 radical (unpaired) electrons. The summed E-state index contributed by atoms with van der Waals surface area (Å²) in [5.74, 6) is 0.0988. The van der Waals surface area contributed by atoms with Gasteiger partial charge < -0.3 is 19.5 Å². The van der Waals surface area contributed by atoms with E-state index >= 15 is 0 Å². The van der Waals surface area contributed by atoms with Crippen molar-refractivity contribution in [3.63, 3.8) is 0 Å². The number of nitrogens with zero attached hydrogens (tertiary/aromatic N) is 1. The standard InChI is InChI=1S/C19H26N2O6/c1-6-19(7-2)10-16(23)21(18(19)24)11-15(22)20-12-8-13(25-3)17(27-5)14(9-12)26-4/h8-9H,6-7,10-11H2,1-5H3,(H,20,22). The Morgan fingerprint density at radius 3 is 2.04 bits per heavy atom. The van der Waals surface area contributed by atoms with Crippen molar-refractivity contribution in [1.82, 2.24) is 4.90 Å². The number of hydrogen-bond donors (Lipinski definition) is 1. The lowest BCUT2D eigenvalue weighted by Gasteiger charge is -2.23. The monoisotopic (exact) mass is 378 g/mol. The third kappa shape index (κ3) is 3.84. The zero-order valence-electron chi connectivity index (χ0n) is 16.4. The van der Waals surface area contributed by atoms with Gasteiger partial charge in [0.25, 0.3) is 0 Å². The summed E-state index contributed by atoms with van der Waals surface area (Å²) >= 11 is 0. The van der Waals surface area contributed by atoms with E-state index in [1.54, 1.807) is 12.1 Å².